The van der Waals surface area contributed by atoms with Crippen molar-refractivity contribution in [2.45, 2.75) is 0 Å². The molecule has 0 aliphatic rings. The summed E-state index contributed by atoms with van der Waals surface area (Å²) in [6.07, 6.45) is 3.28. The Balaban J connectivity index is 2.63. The summed E-state index contributed by atoms with van der Waals surface area (Å²) in [7, 11) is 0. The molecule has 2 rings (SSSR count). The van der Waals surface area contributed by atoms with Gasteiger partial charge in [0.25, 0.3) is 0 Å². The van der Waals surface area contributed by atoms with Gasteiger partial charge >= 0.3 is 0 Å². The Bertz CT molecular complexity index is 564. The maximum atomic E-state index is 6.71. The van der Waals surface area contributed by atoms with Gasteiger partial charge in [0.2, 0.25) is 0 Å². The third-order valence-electron chi connectivity index (χ3n) is 2.19. The van der Waals surface area contributed by atoms with Gasteiger partial charge in [-0.1, -0.05) is 46.3 Å². The third kappa shape index (κ3) is 2.08. The molecule has 0 saturated carbocycles. The molecule has 15 heavy (non-hydrogen) atoms. The van der Waals surface area contributed by atoms with E-state index < -0.39 is 0 Å². The Morgan fingerprint density at radius 3 is 2.47 bits per heavy atom. The molecule has 0 aliphatic heterocycles. The van der Waals surface area contributed by atoms with Crippen LogP contribution in [0.4, 0.5) is 0 Å². The van der Waals surface area contributed by atoms with E-state index in [0.29, 0.717) is 0 Å². The highest BCUT2D eigenvalue weighted by molar-refractivity contribution is 9.10. The lowest BCUT2D eigenvalue weighted by atomic mass is 10.1. The van der Waals surface area contributed by atoms with Crippen LogP contribution in [-0.4, -0.2) is 0 Å². The van der Waals surface area contributed by atoms with Crippen LogP contribution in [0.1, 0.15) is 5.56 Å². The summed E-state index contributed by atoms with van der Waals surface area (Å²) in [6.45, 7) is 6.71. The highest BCUT2D eigenvalue weighted by Gasteiger charge is 1.98. The SMILES string of the molecule is [C-]#[N+]/C=C/c1cc2ccccc2cc1Br. The van der Waals surface area contributed by atoms with Gasteiger partial charge in [0.15, 0.2) is 6.20 Å². The average Bonchev–Trinajstić information content (AvgIpc) is 2.26. The molecular formula is C13H8BrN. The summed E-state index contributed by atoms with van der Waals surface area (Å²) < 4.78 is 1.01. The molecule has 0 fully saturated rings. The van der Waals surface area contributed by atoms with Crippen LogP contribution in [0.2, 0.25) is 0 Å². The van der Waals surface area contributed by atoms with Crippen molar-refractivity contribution < 1.29 is 0 Å². The summed E-state index contributed by atoms with van der Waals surface area (Å²) in [5.74, 6) is 0. The van der Waals surface area contributed by atoms with Crippen LogP contribution in [0.3, 0.4) is 0 Å². The summed E-state index contributed by atoms with van der Waals surface area (Å²) in [4.78, 5) is 3.20. The van der Waals surface area contributed by atoms with Gasteiger partial charge in [0.1, 0.15) is 0 Å². The van der Waals surface area contributed by atoms with E-state index in [1.165, 1.54) is 17.0 Å². The monoisotopic (exact) mass is 257 g/mol. The fourth-order valence-electron chi connectivity index (χ4n) is 1.48. The quantitative estimate of drug-likeness (QED) is 0.663. The van der Waals surface area contributed by atoms with E-state index in [0.717, 1.165) is 10.0 Å². The number of nitrogens with zero attached hydrogens (tertiary/aromatic N) is 1. The second-order valence-electron chi connectivity index (χ2n) is 3.17. The molecule has 0 radical (unpaired) electrons. The first kappa shape index (κ1) is 9.95. The number of rotatable bonds is 1. The number of halogens is 1. The fraction of sp³-hybridized carbons (Fsp3) is 0. The predicted molar refractivity (Wildman–Crippen MR) is 67.3 cm³/mol. The van der Waals surface area contributed by atoms with Crippen LogP contribution in [-0.2, 0) is 0 Å². The summed E-state index contributed by atoms with van der Waals surface area (Å²) in [5.41, 5.74) is 1.03. The van der Waals surface area contributed by atoms with Crippen molar-refractivity contribution in [2.75, 3.05) is 0 Å². The molecule has 0 spiro atoms. The van der Waals surface area contributed by atoms with Gasteiger partial charge in [0, 0.05) is 4.47 Å². The standard InChI is InChI=1S/C13H8BrN/c1-15-7-6-12-8-10-4-2-3-5-11(10)9-13(12)14/h2-9H/b7-6+. The minimum absolute atomic E-state index is 1.01. The zero-order valence-electron chi connectivity index (χ0n) is 7.94. The number of benzene rings is 2. The van der Waals surface area contributed by atoms with E-state index in [1.54, 1.807) is 0 Å². The first-order chi connectivity index (χ1) is 7.31. The van der Waals surface area contributed by atoms with Crippen LogP contribution in [0.25, 0.3) is 21.7 Å². The molecule has 0 aromatic heterocycles. The third-order valence-corrected chi connectivity index (χ3v) is 2.88. The lowest BCUT2D eigenvalue weighted by molar-refractivity contribution is 1.65. The van der Waals surface area contributed by atoms with Crippen LogP contribution >= 0.6 is 15.9 Å². The zero-order chi connectivity index (χ0) is 10.7. The van der Waals surface area contributed by atoms with Crippen molar-refractivity contribution in [1.29, 1.82) is 0 Å². The highest BCUT2D eigenvalue weighted by atomic mass is 79.9. The molecule has 0 amide bonds. The maximum absolute atomic E-state index is 6.71. The Morgan fingerprint density at radius 2 is 1.80 bits per heavy atom. The van der Waals surface area contributed by atoms with Gasteiger partial charge in [-0.15, -0.1) is 0 Å². The molecule has 0 atom stereocenters. The fourth-order valence-corrected chi connectivity index (χ4v) is 1.97. The van der Waals surface area contributed by atoms with E-state index in [-0.39, 0.29) is 0 Å². The predicted octanol–water partition coefficient (Wildman–Crippen LogP) is 4.49. The van der Waals surface area contributed by atoms with Crippen molar-refractivity contribution >= 4 is 32.8 Å². The lowest BCUT2D eigenvalue weighted by Crippen LogP contribution is -1.78. The number of fused-ring (bicyclic) bond motifs is 1. The second kappa shape index (κ2) is 4.29. The molecule has 1 nitrogen and oxygen atoms in total. The lowest BCUT2D eigenvalue weighted by Gasteiger charge is -2.02. The first-order valence-electron chi connectivity index (χ1n) is 4.52. The van der Waals surface area contributed by atoms with Crippen LogP contribution in [0.5, 0.6) is 0 Å². The van der Waals surface area contributed by atoms with Crippen molar-refractivity contribution in [2.24, 2.45) is 0 Å². The summed E-state index contributed by atoms with van der Waals surface area (Å²) in [5, 5.41) is 2.38. The molecule has 0 heterocycles. The van der Waals surface area contributed by atoms with E-state index in [4.69, 9.17) is 6.57 Å². The molecule has 0 saturated heterocycles. The molecule has 0 aliphatic carbocycles. The summed E-state index contributed by atoms with van der Waals surface area (Å²) >= 11 is 3.49. The normalized spacial score (nSPS) is 10.7. The van der Waals surface area contributed by atoms with Gasteiger partial charge in [-0.05, 0) is 28.5 Å². The topological polar surface area (TPSA) is 4.36 Å². The maximum Gasteiger partial charge on any atom is 0.154 e. The van der Waals surface area contributed by atoms with Crippen molar-refractivity contribution in [3.8, 4) is 0 Å². The number of hydrogen-bond acceptors (Lipinski definition) is 0. The molecule has 2 heteroatoms. The first-order valence-corrected chi connectivity index (χ1v) is 5.32. The van der Waals surface area contributed by atoms with Gasteiger partial charge in [-0.25, -0.2) is 4.85 Å². The molecule has 72 valence electrons. The Morgan fingerprint density at radius 1 is 1.13 bits per heavy atom. The Kier molecular flexibility index (Phi) is 2.84. The molecule has 0 bridgehead atoms. The Hall–Kier alpha value is -1.59. The minimum atomic E-state index is 1.01. The average molecular weight is 258 g/mol. The number of hydrogen-bond donors (Lipinski definition) is 0. The molecule has 2 aromatic carbocycles. The highest BCUT2D eigenvalue weighted by Crippen LogP contribution is 2.25. The van der Waals surface area contributed by atoms with Crippen molar-refractivity contribution in [1.82, 2.24) is 0 Å². The van der Waals surface area contributed by atoms with Crippen molar-refractivity contribution in [3.63, 3.8) is 0 Å². The molecule has 0 N–H and O–H groups in total. The van der Waals surface area contributed by atoms with Gasteiger partial charge in [-0.2, -0.15) is 0 Å². The van der Waals surface area contributed by atoms with Gasteiger partial charge in [0.05, 0.1) is 6.57 Å². The van der Waals surface area contributed by atoms with Gasteiger partial charge in [-0.3, -0.25) is 0 Å². The smallest absolute Gasteiger partial charge is 0.154 e. The van der Waals surface area contributed by atoms with E-state index in [1.807, 2.05) is 18.2 Å². The second-order valence-corrected chi connectivity index (χ2v) is 4.02. The molecule has 2 aromatic rings. The van der Waals surface area contributed by atoms with Gasteiger partial charge < -0.3 is 0 Å². The van der Waals surface area contributed by atoms with E-state index >= 15 is 0 Å². The summed E-state index contributed by atoms with van der Waals surface area (Å²) in [6, 6.07) is 12.3. The molecular weight excluding hydrogens is 250 g/mol. The largest absolute Gasteiger partial charge is 0.246 e. The minimum Gasteiger partial charge on any atom is -0.246 e. The van der Waals surface area contributed by atoms with E-state index in [9.17, 15) is 0 Å². The molecule has 0 unspecified atom stereocenters. The van der Waals surface area contributed by atoms with Crippen LogP contribution in [0, 0.1) is 6.57 Å². The Labute approximate surface area is 97.0 Å². The van der Waals surface area contributed by atoms with Crippen LogP contribution in [0.15, 0.2) is 47.1 Å². The van der Waals surface area contributed by atoms with Crippen molar-refractivity contribution in [3.05, 3.63) is 64.1 Å². The van der Waals surface area contributed by atoms with E-state index in [2.05, 4.69) is 45.0 Å². The van der Waals surface area contributed by atoms with Crippen LogP contribution < -0.4 is 0 Å². The zero-order valence-corrected chi connectivity index (χ0v) is 9.53.